The molecule has 10 heteroatoms. The van der Waals surface area contributed by atoms with Gasteiger partial charge in [0.25, 0.3) is 0 Å². The van der Waals surface area contributed by atoms with Crippen molar-refractivity contribution < 1.29 is 21.1 Å². The van der Waals surface area contributed by atoms with Gasteiger partial charge in [0, 0.05) is 21.1 Å². The fourth-order valence-corrected chi connectivity index (χ4v) is 0. The Morgan fingerprint density at radius 1 is 0.700 bits per heavy atom. The molecule has 0 fully saturated rings. The molecule has 0 saturated heterocycles. The summed E-state index contributed by atoms with van der Waals surface area (Å²) in [6.07, 6.45) is 0. The SMILES string of the molecule is O=N[O-].O=N[O-].O=N[O-].[Pt]. The quantitative estimate of drug-likeness (QED) is 0.470. The second kappa shape index (κ2) is 105. The Kier molecular flexibility index (Phi) is 243. The summed E-state index contributed by atoms with van der Waals surface area (Å²) in [5, 5.41) is 27.0. The summed E-state index contributed by atoms with van der Waals surface area (Å²) in [5.74, 6) is 0. The van der Waals surface area contributed by atoms with Crippen LogP contribution in [-0.2, 0) is 21.1 Å². The second-order valence-corrected chi connectivity index (χ2v) is 0.224. The molecule has 0 aliphatic carbocycles. The van der Waals surface area contributed by atoms with E-state index in [0.29, 0.717) is 0 Å². The Bertz CT molecular complexity index is 49.7. The first-order valence-electron chi connectivity index (χ1n) is 1.10. The van der Waals surface area contributed by atoms with Crippen molar-refractivity contribution in [2.24, 2.45) is 16.0 Å². The van der Waals surface area contributed by atoms with Crippen LogP contribution in [0.15, 0.2) is 16.0 Å². The average molecular weight is 333 g/mol. The van der Waals surface area contributed by atoms with E-state index in [1.54, 1.807) is 0 Å². The number of hydrogen-bond donors (Lipinski definition) is 0. The third-order valence-corrected chi connectivity index (χ3v) is 0. The van der Waals surface area contributed by atoms with E-state index in [0.717, 1.165) is 16.0 Å². The summed E-state index contributed by atoms with van der Waals surface area (Å²) >= 11 is 0. The maximum Gasteiger partial charge on any atom is 0 e. The Hall–Kier alpha value is -1.11. The number of hydrogen-bond acceptors (Lipinski definition) is 9. The van der Waals surface area contributed by atoms with E-state index in [1.165, 1.54) is 0 Å². The van der Waals surface area contributed by atoms with Crippen LogP contribution in [-0.4, -0.2) is 0 Å². The molecular formula is N3O6Pt-3. The van der Waals surface area contributed by atoms with Gasteiger partial charge >= 0.3 is 0 Å². The van der Waals surface area contributed by atoms with E-state index in [1.807, 2.05) is 0 Å². The molecule has 9 nitrogen and oxygen atoms in total. The van der Waals surface area contributed by atoms with Crippen LogP contribution in [0.25, 0.3) is 0 Å². The summed E-state index contributed by atoms with van der Waals surface area (Å²) in [4.78, 5) is 24.0. The minimum Gasteiger partial charge on any atom is -0.444 e. The van der Waals surface area contributed by atoms with E-state index in [2.05, 4.69) is 0 Å². The van der Waals surface area contributed by atoms with Crippen molar-refractivity contribution in [2.75, 3.05) is 0 Å². The molecule has 0 radical (unpaired) electrons. The summed E-state index contributed by atoms with van der Waals surface area (Å²) in [7, 11) is 0. The predicted octanol–water partition coefficient (Wildman–Crippen LogP) is 0.749. The van der Waals surface area contributed by atoms with E-state index in [4.69, 9.17) is 30.3 Å². The number of nitrogens with zero attached hydrogens (tertiary/aromatic N) is 3. The van der Waals surface area contributed by atoms with Crippen molar-refractivity contribution in [3.8, 4) is 0 Å². The first-order chi connectivity index (χ1) is 4.24. The van der Waals surface area contributed by atoms with Gasteiger partial charge in [0.1, 0.15) is 0 Å². The van der Waals surface area contributed by atoms with Gasteiger partial charge in [-0.1, -0.05) is 0 Å². The van der Waals surface area contributed by atoms with E-state index in [-0.39, 0.29) is 21.1 Å². The summed E-state index contributed by atoms with van der Waals surface area (Å²) in [6.45, 7) is 0. The molecule has 0 saturated carbocycles. The van der Waals surface area contributed by atoms with Crippen molar-refractivity contribution in [1.82, 2.24) is 0 Å². The standard InChI is InChI=1S/3HNO2.Pt/c3*2-1-3;/h3*(H,2,3);/p-3. The van der Waals surface area contributed by atoms with Gasteiger partial charge in [-0.15, -0.1) is 16.0 Å². The molecule has 64 valence electrons. The number of rotatable bonds is 0. The van der Waals surface area contributed by atoms with Gasteiger partial charge < -0.3 is 30.3 Å². The van der Waals surface area contributed by atoms with Gasteiger partial charge in [0.15, 0.2) is 0 Å². The smallest absolute Gasteiger partial charge is 0 e. The fraction of sp³-hybridized carbons (Fsp3) is 0. The molecular weight excluding hydrogens is 333 g/mol. The molecule has 0 spiro atoms. The molecule has 0 aromatic heterocycles. The predicted molar refractivity (Wildman–Crippen MR) is 27.5 cm³/mol. The molecule has 0 bridgehead atoms. The van der Waals surface area contributed by atoms with Crippen LogP contribution >= 0.6 is 0 Å². The van der Waals surface area contributed by atoms with Gasteiger partial charge in [-0.05, 0) is 0 Å². The molecule has 0 rings (SSSR count). The zero-order valence-corrected chi connectivity index (χ0v) is 6.38. The fourth-order valence-electron chi connectivity index (χ4n) is 0. The Labute approximate surface area is 68.1 Å². The Morgan fingerprint density at radius 3 is 0.700 bits per heavy atom. The second-order valence-electron chi connectivity index (χ2n) is 0.224. The third-order valence-electron chi connectivity index (χ3n) is 0. The summed E-state index contributed by atoms with van der Waals surface area (Å²) < 4.78 is 0. The first kappa shape index (κ1) is 23.1. The average Bonchev–Trinajstić information content (AvgIpc) is 1.70. The molecule has 0 aromatic rings. The minimum absolute atomic E-state index is 0. The van der Waals surface area contributed by atoms with E-state index in [9.17, 15) is 0 Å². The molecule has 0 atom stereocenters. The van der Waals surface area contributed by atoms with Crippen molar-refractivity contribution >= 4 is 0 Å². The minimum atomic E-state index is 0. The molecule has 0 N–H and O–H groups in total. The van der Waals surface area contributed by atoms with Crippen molar-refractivity contribution in [1.29, 1.82) is 0 Å². The molecule has 0 aromatic carbocycles. The maximum atomic E-state index is 8.00. The maximum absolute atomic E-state index is 8.00. The van der Waals surface area contributed by atoms with Crippen LogP contribution in [0, 0.1) is 30.3 Å². The van der Waals surface area contributed by atoms with Crippen molar-refractivity contribution in [3.63, 3.8) is 0 Å². The monoisotopic (exact) mass is 333 g/mol. The summed E-state index contributed by atoms with van der Waals surface area (Å²) in [5.41, 5.74) is 0. The van der Waals surface area contributed by atoms with Gasteiger partial charge in [0.05, 0.1) is 0 Å². The van der Waals surface area contributed by atoms with Crippen LogP contribution in [0.1, 0.15) is 0 Å². The molecule has 0 aliphatic rings. The third kappa shape index (κ3) is 193. The van der Waals surface area contributed by atoms with Crippen LogP contribution in [0.5, 0.6) is 0 Å². The largest absolute Gasteiger partial charge is 0.444 e. The van der Waals surface area contributed by atoms with Gasteiger partial charge in [-0.3, -0.25) is 0 Å². The van der Waals surface area contributed by atoms with E-state index >= 15 is 0 Å². The van der Waals surface area contributed by atoms with Gasteiger partial charge in [0.2, 0.25) is 0 Å². The van der Waals surface area contributed by atoms with Crippen LogP contribution in [0.2, 0.25) is 0 Å². The Morgan fingerprint density at radius 2 is 0.700 bits per heavy atom. The zero-order valence-electron chi connectivity index (χ0n) is 4.11. The first-order valence-corrected chi connectivity index (χ1v) is 1.10. The van der Waals surface area contributed by atoms with Crippen LogP contribution < -0.4 is 0 Å². The Balaban J connectivity index is -0.0000000257. The van der Waals surface area contributed by atoms with Crippen molar-refractivity contribution in [3.05, 3.63) is 30.3 Å². The summed E-state index contributed by atoms with van der Waals surface area (Å²) in [6, 6.07) is 0. The van der Waals surface area contributed by atoms with E-state index < -0.39 is 0 Å². The molecule has 0 aliphatic heterocycles. The molecule has 0 unspecified atom stereocenters. The van der Waals surface area contributed by atoms with Crippen LogP contribution in [0.3, 0.4) is 0 Å². The normalized spacial score (nSPS) is 3.60. The zero-order chi connectivity index (χ0) is 8.12. The molecule has 10 heavy (non-hydrogen) atoms. The molecule has 0 amide bonds. The van der Waals surface area contributed by atoms with Crippen LogP contribution in [0.4, 0.5) is 0 Å². The van der Waals surface area contributed by atoms with Gasteiger partial charge in [-0.25, -0.2) is 0 Å². The van der Waals surface area contributed by atoms with Gasteiger partial charge in [-0.2, -0.15) is 0 Å². The van der Waals surface area contributed by atoms with Crippen molar-refractivity contribution in [2.45, 2.75) is 0 Å². The molecule has 0 heterocycles. The topological polar surface area (TPSA) is 157 Å².